The molecular formula is C46H29NO2. The van der Waals surface area contributed by atoms with Crippen LogP contribution in [0.25, 0.3) is 76.9 Å². The molecule has 0 saturated heterocycles. The van der Waals surface area contributed by atoms with E-state index in [-0.39, 0.29) is 0 Å². The highest BCUT2D eigenvalue weighted by atomic mass is 16.3. The lowest BCUT2D eigenvalue weighted by atomic mass is 10.0. The van der Waals surface area contributed by atoms with E-state index < -0.39 is 0 Å². The molecule has 10 rings (SSSR count). The Morgan fingerprint density at radius 2 is 1.00 bits per heavy atom. The van der Waals surface area contributed by atoms with Gasteiger partial charge in [-0.2, -0.15) is 0 Å². The fraction of sp³-hybridized carbons (Fsp3) is 0. The summed E-state index contributed by atoms with van der Waals surface area (Å²) in [4.78, 5) is 2.32. The number of rotatable bonds is 5. The van der Waals surface area contributed by atoms with Crippen LogP contribution in [0.5, 0.6) is 0 Å². The Morgan fingerprint density at radius 3 is 1.84 bits per heavy atom. The number of hydrogen-bond donors (Lipinski definition) is 0. The molecule has 2 heterocycles. The van der Waals surface area contributed by atoms with Gasteiger partial charge in [0.05, 0.1) is 17.1 Å². The highest BCUT2D eigenvalue weighted by Gasteiger charge is 2.24. The van der Waals surface area contributed by atoms with Gasteiger partial charge in [0.25, 0.3) is 0 Å². The molecule has 0 fully saturated rings. The molecule has 2 aromatic heterocycles. The highest BCUT2D eigenvalue weighted by molar-refractivity contribution is 6.19. The van der Waals surface area contributed by atoms with E-state index in [1.54, 1.807) is 0 Å². The molecule has 49 heavy (non-hydrogen) atoms. The van der Waals surface area contributed by atoms with E-state index in [0.717, 1.165) is 83.2 Å². The number of anilines is 3. The van der Waals surface area contributed by atoms with Crippen LogP contribution in [0.15, 0.2) is 185 Å². The number of hydrogen-bond acceptors (Lipinski definition) is 3. The third-order valence-electron chi connectivity index (χ3n) is 9.66. The van der Waals surface area contributed by atoms with Gasteiger partial charge in [0.1, 0.15) is 16.7 Å². The smallest absolute Gasteiger partial charge is 0.159 e. The van der Waals surface area contributed by atoms with Crippen LogP contribution in [0.4, 0.5) is 17.1 Å². The Bertz CT molecular complexity index is 2830. The minimum absolute atomic E-state index is 0.833. The summed E-state index contributed by atoms with van der Waals surface area (Å²) in [6.07, 6.45) is 0. The zero-order valence-corrected chi connectivity index (χ0v) is 26.5. The maximum Gasteiger partial charge on any atom is 0.159 e. The molecule has 10 aromatic rings. The summed E-state index contributed by atoms with van der Waals surface area (Å²) in [5.41, 5.74) is 10.9. The topological polar surface area (TPSA) is 29.5 Å². The first kappa shape index (κ1) is 27.5. The van der Waals surface area contributed by atoms with Crippen LogP contribution >= 0.6 is 0 Å². The van der Waals surface area contributed by atoms with Gasteiger partial charge in [-0.25, -0.2) is 0 Å². The van der Waals surface area contributed by atoms with Gasteiger partial charge in [-0.05, 0) is 52.2 Å². The molecule has 0 N–H and O–H groups in total. The summed E-state index contributed by atoms with van der Waals surface area (Å²) in [7, 11) is 0. The van der Waals surface area contributed by atoms with Gasteiger partial charge in [-0.15, -0.1) is 0 Å². The first-order chi connectivity index (χ1) is 24.3. The lowest BCUT2D eigenvalue weighted by molar-refractivity contribution is 0.668. The third kappa shape index (κ3) is 4.37. The van der Waals surface area contributed by atoms with Gasteiger partial charge in [-0.3, -0.25) is 0 Å². The van der Waals surface area contributed by atoms with Crippen LogP contribution < -0.4 is 4.90 Å². The van der Waals surface area contributed by atoms with Crippen molar-refractivity contribution in [2.45, 2.75) is 0 Å². The average molecular weight is 628 g/mol. The molecule has 0 amide bonds. The number of para-hydroxylation sites is 3. The minimum Gasteiger partial charge on any atom is -0.456 e. The fourth-order valence-electron chi connectivity index (χ4n) is 7.44. The monoisotopic (exact) mass is 627 g/mol. The molecule has 3 nitrogen and oxygen atoms in total. The molecule has 0 radical (unpaired) electrons. The Kier molecular flexibility index (Phi) is 6.18. The van der Waals surface area contributed by atoms with Crippen molar-refractivity contribution in [1.29, 1.82) is 0 Å². The van der Waals surface area contributed by atoms with E-state index in [1.807, 2.05) is 6.07 Å². The Hall–Kier alpha value is -6.58. The van der Waals surface area contributed by atoms with Gasteiger partial charge in [-0.1, -0.05) is 140 Å². The molecule has 0 bridgehead atoms. The summed E-state index contributed by atoms with van der Waals surface area (Å²) >= 11 is 0. The fourth-order valence-corrected chi connectivity index (χ4v) is 7.44. The molecule has 0 aliphatic rings. The van der Waals surface area contributed by atoms with Crippen LogP contribution in [0.2, 0.25) is 0 Å². The van der Waals surface area contributed by atoms with Crippen LogP contribution in [-0.2, 0) is 0 Å². The van der Waals surface area contributed by atoms with Gasteiger partial charge in [0.15, 0.2) is 5.58 Å². The maximum absolute atomic E-state index is 6.96. The molecule has 0 aliphatic carbocycles. The SMILES string of the molecule is c1ccc(-c2ccccc2N(c2ccc3c(c2)oc2ccc4ccccc4c23)c2cccc3c2oc2c(-c4ccccc4)cccc23)cc1. The van der Waals surface area contributed by atoms with Crippen molar-refractivity contribution in [1.82, 2.24) is 0 Å². The molecule has 0 unspecified atom stereocenters. The summed E-state index contributed by atoms with van der Waals surface area (Å²) in [5, 5.41) is 6.80. The van der Waals surface area contributed by atoms with Gasteiger partial charge in [0, 0.05) is 38.7 Å². The molecule has 0 atom stereocenters. The summed E-state index contributed by atoms with van der Waals surface area (Å²) < 4.78 is 13.5. The van der Waals surface area contributed by atoms with Crippen molar-refractivity contribution in [2.75, 3.05) is 4.90 Å². The molecule has 230 valence electrons. The largest absolute Gasteiger partial charge is 0.456 e. The van der Waals surface area contributed by atoms with Crippen LogP contribution in [-0.4, -0.2) is 0 Å². The van der Waals surface area contributed by atoms with Crippen molar-refractivity contribution < 1.29 is 8.83 Å². The van der Waals surface area contributed by atoms with Crippen molar-refractivity contribution in [2.24, 2.45) is 0 Å². The molecule has 8 aromatic carbocycles. The molecular weight excluding hydrogens is 599 g/mol. The van der Waals surface area contributed by atoms with Crippen LogP contribution in [0.3, 0.4) is 0 Å². The van der Waals surface area contributed by atoms with Gasteiger partial charge >= 0.3 is 0 Å². The van der Waals surface area contributed by atoms with Crippen molar-refractivity contribution in [3.05, 3.63) is 176 Å². The number of furan rings is 2. The average Bonchev–Trinajstić information content (AvgIpc) is 3.75. The van der Waals surface area contributed by atoms with E-state index in [2.05, 4.69) is 175 Å². The maximum atomic E-state index is 6.96. The Labute approximate surface area is 282 Å². The van der Waals surface area contributed by atoms with E-state index >= 15 is 0 Å². The van der Waals surface area contributed by atoms with Crippen molar-refractivity contribution in [3.8, 4) is 22.3 Å². The number of benzene rings is 8. The van der Waals surface area contributed by atoms with Crippen LogP contribution in [0.1, 0.15) is 0 Å². The zero-order chi connectivity index (χ0) is 32.3. The highest BCUT2D eigenvalue weighted by Crippen LogP contribution is 2.47. The first-order valence-corrected chi connectivity index (χ1v) is 16.6. The van der Waals surface area contributed by atoms with Crippen molar-refractivity contribution in [3.63, 3.8) is 0 Å². The van der Waals surface area contributed by atoms with Crippen LogP contribution in [0, 0.1) is 0 Å². The standard InChI is InChI=1S/C46H29NO2/c1-3-13-30(14-4-1)34-18-9-10-23-40(34)47(33-26-27-39-43(29-33)48-42-28-25-32-17-7-8-19-35(32)44(39)42)41-24-12-22-38-37-21-11-20-36(45(37)49-46(38)41)31-15-5-2-6-16-31/h1-29H. The van der Waals surface area contributed by atoms with Gasteiger partial charge in [0.2, 0.25) is 0 Å². The molecule has 0 saturated carbocycles. The number of fused-ring (bicyclic) bond motifs is 8. The summed E-state index contributed by atoms with van der Waals surface area (Å²) in [6.45, 7) is 0. The lowest BCUT2D eigenvalue weighted by Crippen LogP contribution is -2.11. The molecule has 0 spiro atoms. The second-order valence-corrected chi connectivity index (χ2v) is 12.5. The second kappa shape index (κ2) is 11.0. The first-order valence-electron chi connectivity index (χ1n) is 16.6. The van der Waals surface area contributed by atoms with E-state index in [0.29, 0.717) is 0 Å². The summed E-state index contributed by atoms with van der Waals surface area (Å²) in [6, 6.07) is 61.8. The minimum atomic E-state index is 0.833. The normalized spacial score (nSPS) is 11.7. The van der Waals surface area contributed by atoms with Gasteiger partial charge < -0.3 is 13.7 Å². The summed E-state index contributed by atoms with van der Waals surface area (Å²) in [5.74, 6) is 0. The van der Waals surface area contributed by atoms with E-state index in [4.69, 9.17) is 8.83 Å². The van der Waals surface area contributed by atoms with Crippen molar-refractivity contribution >= 4 is 71.7 Å². The number of nitrogens with zero attached hydrogens (tertiary/aromatic N) is 1. The molecule has 0 aliphatic heterocycles. The Balaban J connectivity index is 1.26. The Morgan fingerprint density at radius 1 is 0.367 bits per heavy atom. The predicted octanol–water partition coefficient (Wildman–Crippen LogP) is 13.4. The quantitative estimate of drug-likeness (QED) is 0.190. The van der Waals surface area contributed by atoms with E-state index in [1.165, 1.54) is 10.8 Å². The zero-order valence-electron chi connectivity index (χ0n) is 26.5. The molecule has 3 heteroatoms. The third-order valence-corrected chi connectivity index (χ3v) is 9.66. The lowest BCUT2D eigenvalue weighted by Gasteiger charge is -2.27. The predicted molar refractivity (Wildman–Crippen MR) is 204 cm³/mol. The van der Waals surface area contributed by atoms with E-state index in [9.17, 15) is 0 Å². The second-order valence-electron chi connectivity index (χ2n) is 12.5.